The molecule has 4 nitrogen and oxygen atoms in total. The molecule has 3 aromatic rings. The van der Waals surface area contributed by atoms with Gasteiger partial charge in [0.1, 0.15) is 10.8 Å². The van der Waals surface area contributed by atoms with Gasteiger partial charge in [0.05, 0.1) is 17.8 Å². The highest BCUT2D eigenvalue weighted by Crippen LogP contribution is 2.41. The SMILES string of the molecule is C[C@@H]1C[C@]2(C=CC(=O)N2c2cccc(F)c2)CCN1Cc1nc(-c2ccccc2Cl)cs1. The molecule has 7 heteroatoms. The topological polar surface area (TPSA) is 36.4 Å². The molecule has 1 amide bonds. The molecule has 2 aliphatic rings. The lowest BCUT2D eigenvalue weighted by atomic mass is 9.83. The molecule has 5 rings (SSSR count). The molecule has 0 saturated carbocycles. The molecule has 164 valence electrons. The fraction of sp³-hybridized carbons (Fsp3) is 0.280. The van der Waals surface area contributed by atoms with Crippen LogP contribution in [-0.2, 0) is 11.3 Å². The summed E-state index contributed by atoms with van der Waals surface area (Å²) in [5.41, 5.74) is 2.05. The number of anilines is 1. The summed E-state index contributed by atoms with van der Waals surface area (Å²) in [6, 6.07) is 14.3. The zero-order chi connectivity index (χ0) is 22.3. The van der Waals surface area contributed by atoms with E-state index in [1.165, 1.54) is 12.1 Å². The number of hydrogen-bond acceptors (Lipinski definition) is 4. The minimum atomic E-state index is -0.410. The van der Waals surface area contributed by atoms with E-state index in [0.29, 0.717) is 10.7 Å². The molecule has 3 heterocycles. The first kappa shape index (κ1) is 21.3. The van der Waals surface area contributed by atoms with E-state index in [4.69, 9.17) is 16.6 Å². The smallest absolute Gasteiger partial charge is 0.251 e. The number of piperidine rings is 1. The fourth-order valence-corrected chi connectivity index (χ4v) is 5.89. The van der Waals surface area contributed by atoms with Crippen LogP contribution in [0.4, 0.5) is 10.1 Å². The first-order valence-electron chi connectivity index (χ1n) is 10.7. The van der Waals surface area contributed by atoms with Crippen LogP contribution < -0.4 is 4.90 Å². The quantitative estimate of drug-likeness (QED) is 0.477. The van der Waals surface area contributed by atoms with Crippen LogP contribution >= 0.6 is 22.9 Å². The molecule has 1 fully saturated rings. The maximum absolute atomic E-state index is 13.9. The normalized spacial score (nSPS) is 23.4. The van der Waals surface area contributed by atoms with Crippen LogP contribution in [0.3, 0.4) is 0 Å². The average Bonchev–Trinajstić information content (AvgIpc) is 3.35. The van der Waals surface area contributed by atoms with Crippen LogP contribution in [0.15, 0.2) is 66.1 Å². The monoisotopic (exact) mass is 467 g/mol. The van der Waals surface area contributed by atoms with E-state index < -0.39 is 5.54 Å². The summed E-state index contributed by atoms with van der Waals surface area (Å²) in [4.78, 5) is 21.7. The summed E-state index contributed by atoms with van der Waals surface area (Å²) in [7, 11) is 0. The minimum absolute atomic E-state index is 0.0828. The van der Waals surface area contributed by atoms with Crippen molar-refractivity contribution in [2.45, 2.75) is 37.9 Å². The molecule has 2 atom stereocenters. The van der Waals surface area contributed by atoms with Crippen molar-refractivity contribution in [1.29, 1.82) is 0 Å². The lowest BCUT2D eigenvalue weighted by molar-refractivity contribution is -0.114. The number of rotatable bonds is 4. The number of nitrogens with zero attached hydrogens (tertiary/aromatic N) is 3. The van der Waals surface area contributed by atoms with Gasteiger partial charge in [0, 0.05) is 40.3 Å². The standard InChI is InChI=1S/C25H23ClFN3OS/c1-17-14-25(10-9-24(31)30(25)19-6-4-5-18(27)13-19)11-12-29(17)15-23-28-22(16-32-23)20-7-2-3-8-21(20)26/h2-10,13,16-17H,11-12,14-15H2,1H3/t17-,25+/m1/s1. The van der Waals surface area contributed by atoms with Crippen LogP contribution in [-0.4, -0.2) is 33.9 Å². The second-order valence-corrected chi connectivity index (χ2v) is 9.82. The Morgan fingerprint density at radius 3 is 2.88 bits per heavy atom. The largest absolute Gasteiger partial charge is 0.299 e. The highest BCUT2D eigenvalue weighted by atomic mass is 35.5. The molecule has 0 unspecified atom stereocenters. The second-order valence-electron chi connectivity index (χ2n) is 8.47. The van der Waals surface area contributed by atoms with Crippen molar-refractivity contribution >= 4 is 34.5 Å². The fourth-order valence-electron chi connectivity index (χ4n) is 4.83. The highest BCUT2D eigenvalue weighted by molar-refractivity contribution is 7.09. The van der Waals surface area contributed by atoms with Crippen molar-refractivity contribution in [3.8, 4) is 11.3 Å². The van der Waals surface area contributed by atoms with Gasteiger partial charge in [-0.3, -0.25) is 14.6 Å². The van der Waals surface area contributed by atoms with Crippen molar-refractivity contribution in [3.63, 3.8) is 0 Å². The third-order valence-corrected chi connectivity index (χ3v) is 7.58. The van der Waals surface area contributed by atoms with Crippen LogP contribution in [0.5, 0.6) is 0 Å². The molecule has 0 radical (unpaired) electrons. The maximum atomic E-state index is 13.9. The third-order valence-electron chi connectivity index (χ3n) is 6.41. The van der Waals surface area contributed by atoms with Crippen molar-refractivity contribution in [2.75, 3.05) is 11.4 Å². The lowest BCUT2D eigenvalue weighted by Gasteiger charge is -2.47. The predicted octanol–water partition coefficient (Wildman–Crippen LogP) is 5.93. The Morgan fingerprint density at radius 1 is 1.25 bits per heavy atom. The third kappa shape index (κ3) is 3.87. The summed E-state index contributed by atoms with van der Waals surface area (Å²) >= 11 is 7.97. The van der Waals surface area contributed by atoms with Crippen molar-refractivity contribution in [2.24, 2.45) is 0 Å². The number of aromatic nitrogens is 1. The number of hydrogen-bond donors (Lipinski definition) is 0. The summed E-state index contributed by atoms with van der Waals surface area (Å²) < 4.78 is 13.9. The Kier molecular flexibility index (Phi) is 5.61. The first-order chi connectivity index (χ1) is 15.4. The molecule has 1 aromatic heterocycles. The van der Waals surface area contributed by atoms with Gasteiger partial charge in [0.2, 0.25) is 0 Å². The van der Waals surface area contributed by atoms with Gasteiger partial charge in [0.25, 0.3) is 5.91 Å². The van der Waals surface area contributed by atoms with E-state index in [-0.39, 0.29) is 17.8 Å². The molecule has 0 aliphatic carbocycles. The molecular formula is C25H23ClFN3OS. The van der Waals surface area contributed by atoms with Gasteiger partial charge in [-0.2, -0.15) is 0 Å². The van der Waals surface area contributed by atoms with E-state index >= 15 is 0 Å². The van der Waals surface area contributed by atoms with Gasteiger partial charge in [0.15, 0.2) is 0 Å². The maximum Gasteiger partial charge on any atom is 0.251 e. The van der Waals surface area contributed by atoms with E-state index in [2.05, 4.69) is 17.2 Å². The molecule has 1 spiro atoms. The van der Waals surface area contributed by atoms with Gasteiger partial charge < -0.3 is 0 Å². The van der Waals surface area contributed by atoms with Crippen LogP contribution in [0.25, 0.3) is 11.3 Å². The van der Waals surface area contributed by atoms with Gasteiger partial charge in [-0.15, -0.1) is 11.3 Å². The lowest BCUT2D eigenvalue weighted by Crippen LogP contribution is -2.56. The van der Waals surface area contributed by atoms with Gasteiger partial charge >= 0.3 is 0 Å². The summed E-state index contributed by atoms with van der Waals surface area (Å²) in [6.45, 7) is 3.76. The van der Waals surface area contributed by atoms with Gasteiger partial charge in [-0.25, -0.2) is 9.37 Å². The van der Waals surface area contributed by atoms with E-state index in [9.17, 15) is 9.18 Å². The number of carbonyl (C=O) groups excluding carboxylic acids is 1. The second kappa shape index (κ2) is 8.43. The average molecular weight is 468 g/mol. The number of halogens is 2. The van der Waals surface area contributed by atoms with E-state index in [0.717, 1.165) is 42.2 Å². The number of thiazole rings is 1. The summed E-state index contributed by atoms with van der Waals surface area (Å²) in [6.07, 6.45) is 5.21. The Bertz CT molecular complexity index is 1200. The molecule has 2 aromatic carbocycles. The molecule has 32 heavy (non-hydrogen) atoms. The Balaban J connectivity index is 1.32. The van der Waals surface area contributed by atoms with E-state index in [1.807, 2.05) is 30.3 Å². The Hall–Kier alpha value is -2.54. The molecule has 2 aliphatic heterocycles. The molecule has 0 bridgehead atoms. The Labute approximate surface area is 196 Å². The van der Waals surface area contributed by atoms with Crippen molar-refractivity contribution in [3.05, 3.63) is 81.9 Å². The van der Waals surface area contributed by atoms with E-state index in [1.54, 1.807) is 34.4 Å². The van der Waals surface area contributed by atoms with Crippen molar-refractivity contribution < 1.29 is 9.18 Å². The zero-order valence-corrected chi connectivity index (χ0v) is 19.2. The van der Waals surface area contributed by atoms with Crippen LogP contribution in [0.2, 0.25) is 5.02 Å². The predicted molar refractivity (Wildman–Crippen MR) is 127 cm³/mol. The molecule has 1 saturated heterocycles. The van der Waals surface area contributed by atoms with Gasteiger partial charge in [-0.1, -0.05) is 41.9 Å². The summed E-state index contributed by atoms with van der Waals surface area (Å²) in [5, 5.41) is 3.80. The Morgan fingerprint density at radius 2 is 2.09 bits per heavy atom. The number of benzene rings is 2. The number of carbonyl (C=O) groups is 1. The van der Waals surface area contributed by atoms with Crippen LogP contribution in [0, 0.1) is 5.82 Å². The number of amides is 1. The summed E-state index contributed by atoms with van der Waals surface area (Å²) in [5.74, 6) is -0.415. The zero-order valence-electron chi connectivity index (χ0n) is 17.7. The van der Waals surface area contributed by atoms with Gasteiger partial charge in [-0.05, 0) is 44.0 Å². The number of likely N-dealkylation sites (tertiary alicyclic amines) is 1. The van der Waals surface area contributed by atoms with Crippen LogP contribution in [0.1, 0.15) is 24.8 Å². The highest BCUT2D eigenvalue weighted by Gasteiger charge is 2.46. The first-order valence-corrected chi connectivity index (χ1v) is 11.9. The molecule has 0 N–H and O–H groups in total. The minimum Gasteiger partial charge on any atom is -0.299 e. The van der Waals surface area contributed by atoms with Crippen molar-refractivity contribution in [1.82, 2.24) is 9.88 Å². The molecular weight excluding hydrogens is 445 g/mol.